The summed E-state index contributed by atoms with van der Waals surface area (Å²) in [5, 5.41) is -0.777. The predicted octanol–water partition coefficient (Wildman–Crippen LogP) is 2.41. The maximum absolute atomic E-state index is 5.92. The van der Waals surface area contributed by atoms with Crippen LogP contribution in [0.25, 0.3) is 0 Å². The summed E-state index contributed by atoms with van der Waals surface area (Å²) in [5.74, 6) is 0. The third kappa shape index (κ3) is 1.84. The van der Waals surface area contributed by atoms with E-state index in [1.165, 1.54) is 0 Å². The van der Waals surface area contributed by atoms with Gasteiger partial charge in [0.25, 0.3) is 0 Å². The first kappa shape index (κ1) is 8.35. The van der Waals surface area contributed by atoms with Gasteiger partial charge >= 0.3 is 0 Å². The van der Waals surface area contributed by atoms with Gasteiger partial charge in [-0.2, -0.15) is 0 Å². The number of halogens is 1. The lowest BCUT2D eigenvalue weighted by atomic mass is 10.1. The Morgan fingerprint density at radius 3 is 2.45 bits per heavy atom. The van der Waals surface area contributed by atoms with Crippen molar-refractivity contribution in [2.45, 2.75) is 5.06 Å². The SMILES string of the molecule is C=C=C1C=CC(Cl)(OC)C=C1. The molecule has 0 spiro atoms. The number of hydrogen-bond donors (Lipinski definition) is 0. The summed E-state index contributed by atoms with van der Waals surface area (Å²) >= 11 is 5.92. The summed E-state index contributed by atoms with van der Waals surface area (Å²) in [4.78, 5) is 0. The molecule has 1 aliphatic carbocycles. The molecule has 0 saturated heterocycles. The Balaban J connectivity index is 2.87. The predicted molar refractivity (Wildman–Crippen MR) is 46.5 cm³/mol. The third-order valence-corrected chi connectivity index (χ3v) is 1.90. The zero-order valence-electron chi connectivity index (χ0n) is 6.30. The van der Waals surface area contributed by atoms with E-state index in [0.29, 0.717) is 0 Å². The fraction of sp³-hybridized carbons (Fsp3) is 0.222. The monoisotopic (exact) mass is 168 g/mol. The molecule has 1 aliphatic rings. The van der Waals surface area contributed by atoms with Gasteiger partial charge in [-0.3, -0.25) is 0 Å². The molecular weight excluding hydrogens is 160 g/mol. The van der Waals surface area contributed by atoms with Crippen molar-refractivity contribution in [1.29, 1.82) is 0 Å². The van der Waals surface area contributed by atoms with Crippen LogP contribution in [0, 0.1) is 0 Å². The minimum Gasteiger partial charge on any atom is -0.356 e. The average Bonchev–Trinajstić information content (AvgIpc) is 2.06. The van der Waals surface area contributed by atoms with Crippen molar-refractivity contribution in [2.24, 2.45) is 0 Å². The van der Waals surface area contributed by atoms with E-state index in [2.05, 4.69) is 12.3 Å². The van der Waals surface area contributed by atoms with E-state index in [4.69, 9.17) is 16.3 Å². The second kappa shape index (κ2) is 3.10. The van der Waals surface area contributed by atoms with Gasteiger partial charge < -0.3 is 4.74 Å². The van der Waals surface area contributed by atoms with Crippen molar-refractivity contribution in [3.05, 3.63) is 42.2 Å². The molecule has 0 N–H and O–H groups in total. The first-order chi connectivity index (χ1) is 5.20. The molecule has 0 atom stereocenters. The van der Waals surface area contributed by atoms with Crippen molar-refractivity contribution in [1.82, 2.24) is 0 Å². The Morgan fingerprint density at radius 1 is 1.55 bits per heavy atom. The lowest BCUT2D eigenvalue weighted by molar-refractivity contribution is 0.143. The van der Waals surface area contributed by atoms with E-state index in [0.717, 1.165) is 5.57 Å². The van der Waals surface area contributed by atoms with E-state index in [1.807, 2.05) is 12.2 Å². The molecule has 0 aromatic heterocycles. The van der Waals surface area contributed by atoms with Gasteiger partial charge in [0.05, 0.1) is 0 Å². The number of alkyl halides is 1. The van der Waals surface area contributed by atoms with Crippen molar-refractivity contribution < 1.29 is 4.74 Å². The summed E-state index contributed by atoms with van der Waals surface area (Å²) in [6, 6.07) is 0. The molecule has 0 saturated carbocycles. The highest BCUT2D eigenvalue weighted by Gasteiger charge is 2.20. The van der Waals surface area contributed by atoms with Gasteiger partial charge in [0, 0.05) is 12.7 Å². The van der Waals surface area contributed by atoms with Gasteiger partial charge in [0.1, 0.15) is 0 Å². The van der Waals surface area contributed by atoms with Gasteiger partial charge in [-0.05, 0) is 24.3 Å². The van der Waals surface area contributed by atoms with E-state index >= 15 is 0 Å². The number of rotatable bonds is 1. The van der Waals surface area contributed by atoms with Crippen molar-refractivity contribution in [2.75, 3.05) is 7.11 Å². The van der Waals surface area contributed by atoms with E-state index in [1.54, 1.807) is 19.3 Å². The minimum absolute atomic E-state index is 0.777. The van der Waals surface area contributed by atoms with E-state index in [9.17, 15) is 0 Å². The summed E-state index contributed by atoms with van der Waals surface area (Å²) in [7, 11) is 1.56. The van der Waals surface area contributed by atoms with E-state index in [-0.39, 0.29) is 0 Å². The molecule has 0 aromatic carbocycles. The normalized spacial score (nSPS) is 28.7. The lowest BCUT2D eigenvalue weighted by Crippen LogP contribution is -2.18. The van der Waals surface area contributed by atoms with Crippen LogP contribution in [0.15, 0.2) is 42.2 Å². The molecule has 1 rings (SSSR count). The second-order valence-corrected chi connectivity index (χ2v) is 2.79. The Hall–Kier alpha value is -0.750. The van der Waals surface area contributed by atoms with Crippen LogP contribution in [0.5, 0.6) is 0 Å². The molecule has 0 unspecified atom stereocenters. The van der Waals surface area contributed by atoms with Crippen LogP contribution in [-0.4, -0.2) is 12.2 Å². The molecule has 11 heavy (non-hydrogen) atoms. The van der Waals surface area contributed by atoms with Crippen LogP contribution in [0.1, 0.15) is 0 Å². The Bertz CT molecular complexity index is 241. The van der Waals surface area contributed by atoms with Crippen molar-refractivity contribution in [3.8, 4) is 0 Å². The minimum atomic E-state index is -0.777. The molecule has 0 fully saturated rings. The number of hydrogen-bond acceptors (Lipinski definition) is 1. The molecule has 0 aromatic rings. The summed E-state index contributed by atoms with van der Waals surface area (Å²) < 4.78 is 5.00. The van der Waals surface area contributed by atoms with Gasteiger partial charge in [-0.1, -0.05) is 18.2 Å². The highest BCUT2D eigenvalue weighted by Crippen LogP contribution is 2.24. The quantitative estimate of drug-likeness (QED) is 0.432. The summed E-state index contributed by atoms with van der Waals surface area (Å²) in [5.41, 5.74) is 3.66. The molecule has 0 aliphatic heterocycles. The van der Waals surface area contributed by atoms with Gasteiger partial charge in [0.2, 0.25) is 0 Å². The van der Waals surface area contributed by atoms with Gasteiger partial charge in [-0.15, -0.1) is 5.73 Å². The Labute approximate surface area is 71.3 Å². The van der Waals surface area contributed by atoms with Crippen LogP contribution in [-0.2, 0) is 4.74 Å². The maximum atomic E-state index is 5.92. The Morgan fingerprint density at radius 2 is 2.09 bits per heavy atom. The fourth-order valence-electron chi connectivity index (χ4n) is 0.772. The first-order valence-corrected chi connectivity index (χ1v) is 3.60. The maximum Gasteiger partial charge on any atom is 0.179 e. The molecule has 0 radical (unpaired) electrons. The molecule has 0 heterocycles. The summed E-state index contributed by atoms with van der Waals surface area (Å²) in [6.07, 6.45) is 7.15. The lowest BCUT2D eigenvalue weighted by Gasteiger charge is -2.19. The molecule has 0 amide bonds. The second-order valence-electron chi connectivity index (χ2n) is 2.20. The number of allylic oxidation sites excluding steroid dienone is 3. The van der Waals surface area contributed by atoms with Crippen LogP contribution >= 0.6 is 11.6 Å². The fourth-order valence-corrected chi connectivity index (χ4v) is 0.898. The first-order valence-electron chi connectivity index (χ1n) is 3.23. The summed E-state index contributed by atoms with van der Waals surface area (Å²) in [6.45, 7) is 3.51. The standard InChI is InChI=1S/C9H9ClO/c1-3-8-4-6-9(10,11-2)7-5-8/h4-7H,1H2,2H3. The zero-order valence-corrected chi connectivity index (χ0v) is 7.06. The highest BCUT2D eigenvalue weighted by atomic mass is 35.5. The van der Waals surface area contributed by atoms with Crippen LogP contribution in [0.3, 0.4) is 0 Å². The zero-order chi connectivity index (χ0) is 8.32. The largest absolute Gasteiger partial charge is 0.356 e. The highest BCUT2D eigenvalue weighted by molar-refractivity contribution is 6.25. The van der Waals surface area contributed by atoms with Crippen molar-refractivity contribution >= 4 is 11.6 Å². The smallest absolute Gasteiger partial charge is 0.179 e. The molecule has 58 valence electrons. The third-order valence-electron chi connectivity index (χ3n) is 1.50. The average molecular weight is 169 g/mol. The molecule has 1 nitrogen and oxygen atoms in total. The molecule has 2 heteroatoms. The number of ether oxygens (including phenoxy) is 1. The van der Waals surface area contributed by atoms with Crippen LogP contribution in [0.4, 0.5) is 0 Å². The van der Waals surface area contributed by atoms with Gasteiger partial charge in [0.15, 0.2) is 5.06 Å². The topological polar surface area (TPSA) is 9.23 Å². The number of methoxy groups -OCH3 is 1. The van der Waals surface area contributed by atoms with Crippen LogP contribution in [0.2, 0.25) is 0 Å². The van der Waals surface area contributed by atoms with E-state index < -0.39 is 5.06 Å². The van der Waals surface area contributed by atoms with Crippen LogP contribution < -0.4 is 0 Å². The Kier molecular flexibility index (Phi) is 2.35. The molecular formula is C9H9ClO. The van der Waals surface area contributed by atoms with Gasteiger partial charge in [-0.25, -0.2) is 0 Å². The van der Waals surface area contributed by atoms with Crippen molar-refractivity contribution in [3.63, 3.8) is 0 Å². The molecule has 0 bridgehead atoms.